The van der Waals surface area contributed by atoms with Gasteiger partial charge in [-0.2, -0.15) is 0 Å². The Morgan fingerprint density at radius 2 is 2.05 bits per heavy atom. The van der Waals surface area contributed by atoms with Crippen LogP contribution in [0.4, 0.5) is 5.69 Å². The van der Waals surface area contributed by atoms with Gasteiger partial charge in [0.25, 0.3) is 0 Å². The molecule has 1 aliphatic carbocycles. The van der Waals surface area contributed by atoms with Gasteiger partial charge in [0.1, 0.15) is 0 Å². The van der Waals surface area contributed by atoms with Gasteiger partial charge in [-0.1, -0.05) is 25.0 Å². The van der Waals surface area contributed by atoms with Crippen molar-refractivity contribution < 1.29 is 9.90 Å². The molecule has 4 heteroatoms. The maximum absolute atomic E-state index is 12.2. The summed E-state index contributed by atoms with van der Waals surface area (Å²) < 4.78 is 0. The van der Waals surface area contributed by atoms with Gasteiger partial charge >= 0.3 is 0 Å². The second-order valence-electron chi connectivity index (χ2n) is 6.68. The number of nitrogens with one attached hydrogen (secondary N) is 1. The number of nitrogens with zero attached hydrogens (tertiary/aromatic N) is 1. The molecule has 2 rings (SSSR count). The molecule has 1 saturated carbocycles. The lowest BCUT2D eigenvalue weighted by Crippen LogP contribution is -2.38. The van der Waals surface area contributed by atoms with E-state index in [-0.39, 0.29) is 12.0 Å². The van der Waals surface area contributed by atoms with Crippen LogP contribution in [0.25, 0.3) is 0 Å². The van der Waals surface area contributed by atoms with Crippen LogP contribution in [0, 0.1) is 19.8 Å². The third-order valence-electron chi connectivity index (χ3n) is 4.50. The molecular formula is C18H28N2O2. The zero-order valence-corrected chi connectivity index (χ0v) is 13.9. The molecule has 0 aliphatic heterocycles. The number of carbonyl (C=O) groups is 1. The highest BCUT2D eigenvalue weighted by Crippen LogP contribution is 2.24. The van der Waals surface area contributed by atoms with Crippen molar-refractivity contribution in [1.29, 1.82) is 0 Å². The van der Waals surface area contributed by atoms with Gasteiger partial charge in [-0.15, -0.1) is 0 Å². The number of anilines is 1. The van der Waals surface area contributed by atoms with Crippen molar-refractivity contribution in [2.24, 2.45) is 5.92 Å². The van der Waals surface area contributed by atoms with Gasteiger partial charge in [-0.05, 0) is 56.8 Å². The monoisotopic (exact) mass is 304 g/mol. The second-order valence-corrected chi connectivity index (χ2v) is 6.68. The third-order valence-corrected chi connectivity index (χ3v) is 4.50. The lowest BCUT2D eigenvalue weighted by atomic mass is 9.86. The number of amides is 1. The Balaban J connectivity index is 1.84. The topological polar surface area (TPSA) is 52.6 Å². The zero-order chi connectivity index (χ0) is 16.1. The average Bonchev–Trinajstić information content (AvgIpc) is 2.45. The van der Waals surface area contributed by atoms with Crippen molar-refractivity contribution in [3.8, 4) is 0 Å². The molecule has 0 spiro atoms. The van der Waals surface area contributed by atoms with Crippen LogP contribution in [0.3, 0.4) is 0 Å². The van der Waals surface area contributed by atoms with Crippen LogP contribution in [0.2, 0.25) is 0 Å². The molecule has 2 atom stereocenters. The highest BCUT2D eigenvalue weighted by atomic mass is 16.3. The zero-order valence-electron chi connectivity index (χ0n) is 13.9. The highest BCUT2D eigenvalue weighted by molar-refractivity contribution is 5.93. The van der Waals surface area contributed by atoms with E-state index in [4.69, 9.17) is 0 Å². The molecule has 0 heterocycles. The van der Waals surface area contributed by atoms with Gasteiger partial charge in [-0.25, -0.2) is 0 Å². The van der Waals surface area contributed by atoms with Gasteiger partial charge in [0.15, 0.2) is 0 Å². The van der Waals surface area contributed by atoms with E-state index >= 15 is 0 Å². The Hall–Kier alpha value is -1.39. The maximum atomic E-state index is 12.2. The lowest BCUT2D eigenvalue weighted by molar-refractivity contribution is -0.117. The first-order valence-corrected chi connectivity index (χ1v) is 8.19. The van der Waals surface area contributed by atoms with Crippen LogP contribution in [-0.2, 0) is 4.79 Å². The lowest BCUT2D eigenvalue weighted by Gasteiger charge is -2.31. The summed E-state index contributed by atoms with van der Waals surface area (Å²) in [5.41, 5.74) is 3.10. The molecule has 2 N–H and O–H groups in total. The Morgan fingerprint density at radius 1 is 1.32 bits per heavy atom. The third kappa shape index (κ3) is 4.82. The summed E-state index contributed by atoms with van der Waals surface area (Å²) in [6, 6.07) is 6.06. The predicted octanol–water partition coefficient (Wildman–Crippen LogP) is 2.72. The van der Waals surface area contributed by atoms with Gasteiger partial charge in [0, 0.05) is 12.2 Å². The van der Waals surface area contributed by atoms with E-state index in [9.17, 15) is 9.90 Å². The van der Waals surface area contributed by atoms with Crippen molar-refractivity contribution >= 4 is 11.6 Å². The molecule has 0 saturated heterocycles. The summed E-state index contributed by atoms with van der Waals surface area (Å²) in [4.78, 5) is 14.2. The van der Waals surface area contributed by atoms with E-state index in [1.807, 2.05) is 44.0 Å². The van der Waals surface area contributed by atoms with E-state index in [1.54, 1.807) is 0 Å². The van der Waals surface area contributed by atoms with Crippen LogP contribution < -0.4 is 5.32 Å². The summed E-state index contributed by atoms with van der Waals surface area (Å²) in [6.07, 6.45) is 4.05. The minimum atomic E-state index is -0.210. The molecule has 22 heavy (non-hydrogen) atoms. The van der Waals surface area contributed by atoms with E-state index < -0.39 is 0 Å². The number of hydrogen-bond acceptors (Lipinski definition) is 3. The standard InChI is InChI=1S/C18H28N2O2/c1-13-8-9-14(2)16(10-13)19-18(22)12-20(3)11-15-6-4-5-7-17(15)21/h8-10,15,17,21H,4-7,11-12H2,1-3H3,(H,19,22). The van der Waals surface area contributed by atoms with E-state index in [0.29, 0.717) is 12.5 Å². The van der Waals surface area contributed by atoms with Crippen molar-refractivity contribution in [3.05, 3.63) is 29.3 Å². The van der Waals surface area contributed by atoms with Crippen molar-refractivity contribution in [1.82, 2.24) is 4.90 Å². The predicted molar refractivity (Wildman–Crippen MR) is 90.0 cm³/mol. The smallest absolute Gasteiger partial charge is 0.238 e. The van der Waals surface area contributed by atoms with Crippen LogP contribution in [-0.4, -0.2) is 42.2 Å². The van der Waals surface area contributed by atoms with Crippen molar-refractivity contribution in [2.45, 2.75) is 45.6 Å². The number of aliphatic hydroxyl groups is 1. The fraction of sp³-hybridized carbons (Fsp3) is 0.611. The van der Waals surface area contributed by atoms with Crippen molar-refractivity contribution in [2.75, 3.05) is 25.5 Å². The average molecular weight is 304 g/mol. The van der Waals surface area contributed by atoms with E-state index in [1.165, 1.54) is 6.42 Å². The number of benzene rings is 1. The minimum absolute atomic E-state index is 0.00139. The molecule has 122 valence electrons. The fourth-order valence-electron chi connectivity index (χ4n) is 3.17. The SMILES string of the molecule is Cc1ccc(C)c(NC(=O)CN(C)CC2CCCCC2O)c1. The Morgan fingerprint density at radius 3 is 2.77 bits per heavy atom. The molecule has 0 bridgehead atoms. The van der Waals surface area contributed by atoms with Gasteiger partial charge in [-0.3, -0.25) is 9.69 Å². The van der Waals surface area contributed by atoms with Crippen LogP contribution in [0.5, 0.6) is 0 Å². The molecule has 1 aromatic carbocycles. The van der Waals surface area contributed by atoms with Gasteiger partial charge in [0.05, 0.1) is 12.6 Å². The summed E-state index contributed by atoms with van der Waals surface area (Å²) in [5, 5.41) is 13.0. The first-order valence-electron chi connectivity index (χ1n) is 8.19. The van der Waals surface area contributed by atoms with Crippen LogP contribution in [0.15, 0.2) is 18.2 Å². The molecule has 1 fully saturated rings. The Bertz CT molecular complexity index is 516. The van der Waals surface area contributed by atoms with Crippen LogP contribution >= 0.6 is 0 Å². The Labute approximate surface area is 133 Å². The quantitative estimate of drug-likeness (QED) is 0.879. The fourth-order valence-corrected chi connectivity index (χ4v) is 3.17. The molecule has 0 aromatic heterocycles. The van der Waals surface area contributed by atoms with E-state index in [2.05, 4.69) is 5.32 Å². The van der Waals surface area contributed by atoms with Gasteiger partial charge < -0.3 is 10.4 Å². The normalized spacial score (nSPS) is 21.9. The van der Waals surface area contributed by atoms with Crippen LogP contribution in [0.1, 0.15) is 36.8 Å². The number of carbonyl (C=O) groups excluding carboxylic acids is 1. The molecule has 2 unspecified atom stereocenters. The van der Waals surface area contributed by atoms with Crippen molar-refractivity contribution in [3.63, 3.8) is 0 Å². The summed E-state index contributed by atoms with van der Waals surface area (Å²) in [5.74, 6) is 0.300. The minimum Gasteiger partial charge on any atom is -0.393 e. The molecule has 0 radical (unpaired) electrons. The summed E-state index contributed by atoms with van der Waals surface area (Å²) in [6.45, 7) is 5.15. The van der Waals surface area contributed by atoms with Gasteiger partial charge in [0.2, 0.25) is 5.91 Å². The largest absolute Gasteiger partial charge is 0.393 e. The highest BCUT2D eigenvalue weighted by Gasteiger charge is 2.24. The number of aryl methyl sites for hydroxylation is 2. The number of rotatable bonds is 5. The maximum Gasteiger partial charge on any atom is 0.238 e. The summed E-state index contributed by atoms with van der Waals surface area (Å²) in [7, 11) is 1.95. The Kier molecular flexibility index (Phi) is 5.98. The summed E-state index contributed by atoms with van der Waals surface area (Å²) >= 11 is 0. The first-order chi connectivity index (χ1) is 10.5. The van der Waals surface area contributed by atoms with E-state index in [0.717, 1.165) is 42.6 Å². The number of likely N-dealkylation sites (N-methyl/N-ethyl adjacent to an activating group) is 1. The number of hydrogen-bond donors (Lipinski definition) is 2. The first kappa shape index (κ1) is 17.0. The molecular weight excluding hydrogens is 276 g/mol. The molecule has 1 aromatic rings. The second kappa shape index (κ2) is 7.75. The molecule has 1 amide bonds. The molecule has 4 nitrogen and oxygen atoms in total. The number of aliphatic hydroxyl groups excluding tert-OH is 1. The molecule has 1 aliphatic rings.